The van der Waals surface area contributed by atoms with Crippen LogP contribution in [-0.4, -0.2) is 43.5 Å². The minimum atomic E-state index is -3.50. The van der Waals surface area contributed by atoms with E-state index in [-0.39, 0.29) is 24.2 Å². The standard InChI is InChI=1S/C13H20N2O5S/c1-3-19-13(16)11-5-4-6-15(8-11)21(17,18)9-12-7-10(2)20-14-12/h7,11H,3-6,8-9H2,1-2H3/t11-/m0/s1. The van der Waals surface area contributed by atoms with Crippen LogP contribution in [0.25, 0.3) is 0 Å². The lowest BCUT2D eigenvalue weighted by Crippen LogP contribution is -2.43. The molecular formula is C13H20N2O5S. The van der Waals surface area contributed by atoms with Crippen molar-refractivity contribution in [2.75, 3.05) is 19.7 Å². The van der Waals surface area contributed by atoms with Crippen LogP contribution in [0.15, 0.2) is 10.6 Å². The van der Waals surface area contributed by atoms with E-state index < -0.39 is 10.0 Å². The van der Waals surface area contributed by atoms with Gasteiger partial charge in [0.2, 0.25) is 10.0 Å². The molecule has 21 heavy (non-hydrogen) atoms. The van der Waals surface area contributed by atoms with Gasteiger partial charge in [0.05, 0.1) is 12.5 Å². The predicted octanol–water partition coefficient (Wildman–Crippen LogP) is 1.09. The average Bonchev–Trinajstić information content (AvgIpc) is 2.84. The van der Waals surface area contributed by atoms with Gasteiger partial charge in [-0.25, -0.2) is 12.7 Å². The maximum Gasteiger partial charge on any atom is 0.310 e. The molecule has 1 fully saturated rings. The molecule has 1 aromatic heterocycles. The number of esters is 1. The van der Waals surface area contributed by atoms with Gasteiger partial charge < -0.3 is 9.26 Å². The van der Waals surface area contributed by atoms with Gasteiger partial charge in [-0.2, -0.15) is 0 Å². The number of carbonyl (C=O) groups excluding carboxylic acids is 1. The maximum absolute atomic E-state index is 12.4. The van der Waals surface area contributed by atoms with Crippen LogP contribution < -0.4 is 0 Å². The number of hydrogen-bond acceptors (Lipinski definition) is 6. The van der Waals surface area contributed by atoms with Crippen LogP contribution in [-0.2, 0) is 25.3 Å². The van der Waals surface area contributed by atoms with Crippen molar-refractivity contribution in [2.24, 2.45) is 5.92 Å². The third-order valence-corrected chi connectivity index (χ3v) is 5.18. The van der Waals surface area contributed by atoms with Crippen molar-refractivity contribution in [3.05, 3.63) is 17.5 Å². The van der Waals surface area contributed by atoms with Crippen molar-refractivity contribution >= 4 is 16.0 Å². The molecule has 0 aliphatic carbocycles. The summed E-state index contributed by atoms with van der Waals surface area (Å²) in [6.07, 6.45) is 1.31. The topological polar surface area (TPSA) is 89.7 Å². The Labute approximate surface area is 124 Å². The number of ether oxygens (including phenoxy) is 1. The third-order valence-electron chi connectivity index (χ3n) is 3.40. The second-order valence-electron chi connectivity index (χ2n) is 5.13. The number of aromatic nitrogens is 1. The highest BCUT2D eigenvalue weighted by molar-refractivity contribution is 7.88. The van der Waals surface area contributed by atoms with E-state index in [1.54, 1.807) is 19.9 Å². The number of carbonyl (C=O) groups is 1. The summed E-state index contributed by atoms with van der Waals surface area (Å²) >= 11 is 0. The SMILES string of the molecule is CCOC(=O)[C@H]1CCCN(S(=O)(=O)Cc2cc(C)on2)C1. The van der Waals surface area contributed by atoms with E-state index in [1.807, 2.05) is 0 Å². The summed E-state index contributed by atoms with van der Waals surface area (Å²) < 4.78 is 36.0. The molecule has 118 valence electrons. The average molecular weight is 316 g/mol. The fraction of sp³-hybridized carbons (Fsp3) is 0.692. The van der Waals surface area contributed by atoms with Gasteiger partial charge in [-0.05, 0) is 26.7 Å². The van der Waals surface area contributed by atoms with Gasteiger partial charge in [0.15, 0.2) is 0 Å². The number of sulfonamides is 1. The van der Waals surface area contributed by atoms with Crippen molar-refractivity contribution in [1.29, 1.82) is 0 Å². The number of aryl methyl sites for hydroxylation is 1. The fourth-order valence-corrected chi connectivity index (χ4v) is 3.92. The van der Waals surface area contributed by atoms with Gasteiger partial charge in [-0.15, -0.1) is 0 Å². The van der Waals surface area contributed by atoms with Crippen molar-refractivity contribution < 1.29 is 22.5 Å². The Hall–Kier alpha value is -1.41. The van der Waals surface area contributed by atoms with Crippen molar-refractivity contribution in [3.63, 3.8) is 0 Å². The molecule has 0 spiro atoms. The zero-order valence-electron chi connectivity index (χ0n) is 12.2. The molecule has 2 heterocycles. The van der Waals surface area contributed by atoms with Crippen molar-refractivity contribution in [2.45, 2.75) is 32.4 Å². The molecule has 0 unspecified atom stereocenters. The molecule has 2 rings (SSSR count). The van der Waals surface area contributed by atoms with E-state index in [2.05, 4.69) is 5.16 Å². The van der Waals surface area contributed by atoms with Crippen LogP contribution in [0.5, 0.6) is 0 Å². The molecule has 7 nitrogen and oxygen atoms in total. The molecule has 1 aliphatic heterocycles. The molecule has 1 saturated heterocycles. The Bertz CT molecular complexity index is 595. The molecular weight excluding hydrogens is 296 g/mol. The highest BCUT2D eigenvalue weighted by Crippen LogP contribution is 2.22. The van der Waals surface area contributed by atoms with Gasteiger partial charge in [-0.1, -0.05) is 5.16 Å². The normalized spacial score (nSPS) is 20.4. The van der Waals surface area contributed by atoms with Crippen LogP contribution >= 0.6 is 0 Å². The first-order valence-electron chi connectivity index (χ1n) is 6.99. The smallest absolute Gasteiger partial charge is 0.310 e. The monoisotopic (exact) mass is 316 g/mol. The van der Waals surface area contributed by atoms with Gasteiger partial charge in [0.1, 0.15) is 17.2 Å². The largest absolute Gasteiger partial charge is 0.466 e. The summed E-state index contributed by atoms with van der Waals surface area (Å²) in [7, 11) is -3.50. The second-order valence-corrected chi connectivity index (χ2v) is 7.10. The molecule has 0 radical (unpaired) electrons. The Balaban J connectivity index is 2.04. The fourth-order valence-electron chi connectivity index (χ4n) is 2.41. The number of piperidine rings is 1. The molecule has 0 N–H and O–H groups in total. The van der Waals surface area contributed by atoms with E-state index in [0.717, 1.165) is 0 Å². The lowest BCUT2D eigenvalue weighted by molar-refractivity contribution is -0.149. The second kappa shape index (κ2) is 6.57. The quantitative estimate of drug-likeness (QED) is 0.755. The number of rotatable bonds is 5. The lowest BCUT2D eigenvalue weighted by Gasteiger charge is -2.30. The van der Waals surface area contributed by atoms with Crippen LogP contribution in [0, 0.1) is 12.8 Å². The lowest BCUT2D eigenvalue weighted by atomic mass is 10.0. The van der Waals surface area contributed by atoms with Crippen LogP contribution in [0.1, 0.15) is 31.2 Å². The van der Waals surface area contributed by atoms with Gasteiger partial charge >= 0.3 is 5.97 Å². The van der Waals surface area contributed by atoms with Gasteiger partial charge in [0.25, 0.3) is 0 Å². The van der Waals surface area contributed by atoms with E-state index in [4.69, 9.17) is 9.26 Å². The van der Waals surface area contributed by atoms with Crippen molar-refractivity contribution in [3.8, 4) is 0 Å². The summed E-state index contributed by atoms with van der Waals surface area (Å²) in [5, 5.41) is 3.71. The van der Waals surface area contributed by atoms with E-state index in [0.29, 0.717) is 37.4 Å². The summed E-state index contributed by atoms with van der Waals surface area (Å²) in [6, 6.07) is 1.60. The molecule has 8 heteroatoms. The van der Waals surface area contributed by atoms with E-state index in [1.165, 1.54) is 4.31 Å². The molecule has 0 amide bonds. The van der Waals surface area contributed by atoms with Crippen LogP contribution in [0.3, 0.4) is 0 Å². The molecule has 0 saturated carbocycles. The zero-order chi connectivity index (χ0) is 15.5. The first-order valence-corrected chi connectivity index (χ1v) is 8.60. The van der Waals surface area contributed by atoms with E-state index >= 15 is 0 Å². The van der Waals surface area contributed by atoms with Gasteiger partial charge in [0, 0.05) is 19.2 Å². The van der Waals surface area contributed by atoms with E-state index in [9.17, 15) is 13.2 Å². The molecule has 1 atom stereocenters. The highest BCUT2D eigenvalue weighted by Gasteiger charge is 2.33. The summed E-state index contributed by atoms with van der Waals surface area (Å²) in [4.78, 5) is 11.8. The minimum Gasteiger partial charge on any atom is -0.466 e. The number of nitrogens with zero attached hydrogens (tertiary/aromatic N) is 2. The van der Waals surface area contributed by atoms with Crippen molar-refractivity contribution in [1.82, 2.24) is 9.46 Å². The predicted molar refractivity (Wildman–Crippen MR) is 74.8 cm³/mol. The number of hydrogen-bond donors (Lipinski definition) is 0. The molecule has 1 aliphatic rings. The summed E-state index contributed by atoms with van der Waals surface area (Å²) in [5.41, 5.74) is 0.380. The highest BCUT2D eigenvalue weighted by atomic mass is 32.2. The Kier molecular flexibility index (Phi) is 5.00. The molecule has 0 bridgehead atoms. The third kappa shape index (κ3) is 4.04. The zero-order valence-corrected chi connectivity index (χ0v) is 13.1. The van der Waals surface area contributed by atoms with Crippen LogP contribution in [0.4, 0.5) is 0 Å². The molecule has 0 aromatic carbocycles. The Morgan fingerprint density at radius 2 is 2.33 bits per heavy atom. The Morgan fingerprint density at radius 3 is 2.95 bits per heavy atom. The first kappa shape index (κ1) is 16.0. The Morgan fingerprint density at radius 1 is 1.57 bits per heavy atom. The first-order chi connectivity index (χ1) is 9.92. The maximum atomic E-state index is 12.4. The van der Waals surface area contributed by atoms with Gasteiger partial charge in [-0.3, -0.25) is 4.79 Å². The van der Waals surface area contributed by atoms with Crippen LogP contribution in [0.2, 0.25) is 0 Å². The summed E-state index contributed by atoms with van der Waals surface area (Å²) in [5.74, 6) is -0.342. The minimum absolute atomic E-state index is 0.179. The molecule has 1 aromatic rings. The summed E-state index contributed by atoms with van der Waals surface area (Å²) in [6.45, 7) is 4.36.